The summed E-state index contributed by atoms with van der Waals surface area (Å²) in [6, 6.07) is 19.0. The summed E-state index contributed by atoms with van der Waals surface area (Å²) in [7, 11) is 3.24. The van der Waals surface area contributed by atoms with Gasteiger partial charge >= 0.3 is 0 Å². The van der Waals surface area contributed by atoms with Crippen LogP contribution in [0.1, 0.15) is 29.4 Å². The molecule has 1 aliphatic rings. The van der Waals surface area contributed by atoms with Gasteiger partial charge in [0, 0.05) is 32.4 Å². The molecule has 0 fully saturated rings. The number of nitrogens with zero attached hydrogens (tertiary/aromatic N) is 3. The molecule has 1 aromatic heterocycles. The van der Waals surface area contributed by atoms with Gasteiger partial charge in [-0.1, -0.05) is 42.5 Å². The van der Waals surface area contributed by atoms with Crippen molar-refractivity contribution in [2.45, 2.75) is 32.0 Å². The highest BCUT2D eigenvalue weighted by Crippen LogP contribution is 2.31. The predicted molar refractivity (Wildman–Crippen MR) is 128 cm³/mol. The van der Waals surface area contributed by atoms with Gasteiger partial charge in [-0.25, -0.2) is 0 Å². The summed E-state index contributed by atoms with van der Waals surface area (Å²) in [6.07, 6.45) is 0.690. The number of nitrogens with one attached hydrogen (secondary N) is 1. The van der Waals surface area contributed by atoms with E-state index in [1.807, 2.05) is 54.6 Å². The lowest BCUT2D eigenvalue weighted by Crippen LogP contribution is -2.63. The number of hydrogen-bond acceptors (Lipinski definition) is 5. The number of ether oxygens (including phenoxy) is 2. The summed E-state index contributed by atoms with van der Waals surface area (Å²) in [5, 5.41) is 7.65. The van der Waals surface area contributed by atoms with E-state index >= 15 is 0 Å². The molecule has 34 heavy (non-hydrogen) atoms. The highest BCUT2D eigenvalue weighted by molar-refractivity contribution is 6.00. The highest BCUT2D eigenvalue weighted by atomic mass is 16.5. The summed E-state index contributed by atoms with van der Waals surface area (Å²) in [5.74, 6) is 0.289. The average molecular weight is 463 g/mol. The minimum atomic E-state index is -1.11. The Labute approximate surface area is 199 Å². The average Bonchev–Trinajstić information content (AvgIpc) is 3.29. The second-order valence-corrected chi connectivity index (χ2v) is 8.55. The van der Waals surface area contributed by atoms with Crippen molar-refractivity contribution >= 4 is 11.8 Å². The quantitative estimate of drug-likeness (QED) is 0.494. The number of carbonyl (C=O) groups excluding carboxylic acids is 2. The first-order valence-corrected chi connectivity index (χ1v) is 11.3. The Morgan fingerprint density at radius 1 is 1.12 bits per heavy atom. The largest absolute Gasteiger partial charge is 0.497 e. The number of rotatable bonds is 9. The van der Waals surface area contributed by atoms with E-state index < -0.39 is 5.54 Å². The zero-order valence-electron chi connectivity index (χ0n) is 19.8. The first kappa shape index (κ1) is 23.5. The maximum Gasteiger partial charge on any atom is 0.273 e. The van der Waals surface area contributed by atoms with Crippen molar-refractivity contribution in [3.05, 3.63) is 71.9 Å². The molecule has 1 unspecified atom stereocenters. The second kappa shape index (κ2) is 10.1. The molecule has 0 saturated heterocycles. The van der Waals surface area contributed by atoms with Crippen LogP contribution < -0.4 is 10.1 Å². The summed E-state index contributed by atoms with van der Waals surface area (Å²) >= 11 is 0. The van der Waals surface area contributed by atoms with E-state index in [1.165, 1.54) is 0 Å². The molecule has 1 aliphatic heterocycles. The summed E-state index contributed by atoms with van der Waals surface area (Å²) in [6.45, 7) is 3.36. The SMILES string of the molecule is COCCCNC(=O)C1(C)Cn2nc(-c3ccccc3)cc2C(=O)N1Cc1ccc(OC)cc1. The third kappa shape index (κ3) is 4.68. The summed E-state index contributed by atoms with van der Waals surface area (Å²) in [5.41, 5.74) is 1.89. The number of carbonyl (C=O) groups is 2. The second-order valence-electron chi connectivity index (χ2n) is 8.55. The standard InChI is InChI=1S/C26H30N4O4/c1-26(25(32)27-14-7-15-33-2)18-30-23(16-22(28-30)20-8-5-4-6-9-20)24(31)29(26)17-19-10-12-21(34-3)13-11-19/h4-6,8-13,16H,7,14-15,17-18H2,1-3H3,(H,27,32). The molecule has 4 rings (SSSR count). The molecule has 0 spiro atoms. The van der Waals surface area contributed by atoms with Crippen molar-refractivity contribution in [3.63, 3.8) is 0 Å². The molecule has 8 nitrogen and oxygen atoms in total. The van der Waals surface area contributed by atoms with Crippen LogP contribution in [-0.4, -0.2) is 59.4 Å². The number of benzene rings is 2. The topological polar surface area (TPSA) is 85.7 Å². The van der Waals surface area contributed by atoms with Crippen LogP contribution >= 0.6 is 0 Å². The molecular formula is C26H30N4O4. The normalized spacial score (nSPS) is 17.4. The molecule has 0 saturated carbocycles. The van der Waals surface area contributed by atoms with Gasteiger partial charge in [0.2, 0.25) is 5.91 Å². The molecule has 0 radical (unpaired) electrons. The van der Waals surface area contributed by atoms with Gasteiger partial charge in [0.05, 0.1) is 19.3 Å². The van der Waals surface area contributed by atoms with Crippen molar-refractivity contribution in [1.82, 2.24) is 20.0 Å². The molecule has 0 aliphatic carbocycles. The number of hydrogen-bond donors (Lipinski definition) is 1. The van der Waals surface area contributed by atoms with Crippen LogP contribution in [-0.2, 0) is 22.6 Å². The molecule has 178 valence electrons. The van der Waals surface area contributed by atoms with Crippen molar-refractivity contribution in [3.8, 4) is 17.0 Å². The van der Waals surface area contributed by atoms with Crippen LogP contribution in [0.5, 0.6) is 5.75 Å². The zero-order chi connectivity index (χ0) is 24.1. The zero-order valence-corrected chi connectivity index (χ0v) is 19.8. The van der Waals surface area contributed by atoms with Gasteiger partial charge in [-0.3, -0.25) is 14.3 Å². The number of methoxy groups -OCH3 is 2. The van der Waals surface area contributed by atoms with Crippen molar-refractivity contribution in [2.24, 2.45) is 0 Å². The molecule has 3 aromatic rings. The minimum absolute atomic E-state index is 0.215. The molecule has 2 heterocycles. The lowest BCUT2D eigenvalue weighted by molar-refractivity contribution is -0.133. The van der Waals surface area contributed by atoms with Gasteiger partial charge in [-0.2, -0.15) is 5.10 Å². The Bertz CT molecular complexity index is 1140. The lowest BCUT2D eigenvalue weighted by atomic mass is 9.94. The van der Waals surface area contributed by atoms with Gasteiger partial charge in [0.25, 0.3) is 5.91 Å². The third-order valence-electron chi connectivity index (χ3n) is 6.17. The fourth-order valence-electron chi connectivity index (χ4n) is 4.16. The Hall–Kier alpha value is -3.65. The van der Waals surface area contributed by atoms with E-state index in [-0.39, 0.29) is 24.9 Å². The predicted octanol–water partition coefficient (Wildman–Crippen LogP) is 3.13. The Kier molecular flexibility index (Phi) is 6.98. The minimum Gasteiger partial charge on any atom is -0.497 e. The van der Waals surface area contributed by atoms with Crippen LogP contribution in [0.25, 0.3) is 11.3 Å². The van der Waals surface area contributed by atoms with Crippen LogP contribution in [0.3, 0.4) is 0 Å². The van der Waals surface area contributed by atoms with E-state index in [4.69, 9.17) is 9.47 Å². The number of aromatic nitrogens is 2. The van der Waals surface area contributed by atoms with E-state index in [0.717, 1.165) is 16.9 Å². The van der Waals surface area contributed by atoms with E-state index in [1.54, 1.807) is 36.8 Å². The highest BCUT2D eigenvalue weighted by Gasteiger charge is 2.47. The first-order valence-electron chi connectivity index (χ1n) is 11.3. The molecule has 1 atom stereocenters. The van der Waals surface area contributed by atoms with E-state index in [2.05, 4.69) is 10.4 Å². The maximum absolute atomic E-state index is 13.7. The van der Waals surface area contributed by atoms with Gasteiger partial charge in [0.1, 0.15) is 17.0 Å². The smallest absolute Gasteiger partial charge is 0.273 e. The Morgan fingerprint density at radius 2 is 1.85 bits per heavy atom. The third-order valence-corrected chi connectivity index (χ3v) is 6.17. The number of amides is 2. The summed E-state index contributed by atoms with van der Waals surface area (Å²) in [4.78, 5) is 28.8. The van der Waals surface area contributed by atoms with Crippen molar-refractivity contribution in [1.29, 1.82) is 0 Å². The van der Waals surface area contributed by atoms with Crippen LogP contribution in [0.4, 0.5) is 0 Å². The molecule has 1 N–H and O–H groups in total. The van der Waals surface area contributed by atoms with Crippen LogP contribution in [0.15, 0.2) is 60.7 Å². The van der Waals surface area contributed by atoms with Crippen LogP contribution in [0.2, 0.25) is 0 Å². The molecule has 2 amide bonds. The molecule has 0 bridgehead atoms. The van der Waals surface area contributed by atoms with Crippen molar-refractivity contribution < 1.29 is 19.1 Å². The molecule has 2 aromatic carbocycles. The van der Waals surface area contributed by atoms with Gasteiger partial charge in [0.15, 0.2) is 0 Å². The maximum atomic E-state index is 13.7. The fourth-order valence-corrected chi connectivity index (χ4v) is 4.16. The van der Waals surface area contributed by atoms with Crippen LogP contribution in [0, 0.1) is 0 Å². The lowest BCUT2D eigenvalue weighted by Gasteiger charge is -2.43. The number of fused-ring (bicyclic) bond motifs is 1. The molecule has 8 heteroatoms. The Morgan fingerprint density at radius 3 is 2.53 bits per heavy atom. The Balaban J connectivity index is 1.67. The van der Waals surface area contributed by atoms with Gasteiger partial charge < -0.3 is 19.7 Å². The van der Waals surface area contributed by atoms with E-state index in [0.29, 0.717) is 31.0 Å². The van der Waals surface area contributed by atoms with E-state index in [9.17, 15) is 9.59 Å². The van der Waals surface area contributed by atoms with Gasteiger partial charge in [-0.15, -0.1) is 0 Å². The first-order chi connectivity index (χ1) is 16.5. The van der Waals surface area contributed by atoms with Gasteiger partial charge in [-0.05, 0) is 37.1 Å². The van der Waals surface area contributed by atoms with Crippen molar-refractivity contribution in [2.75, 3.05) is 27.4 Å². The molecular weight excluding hydrogens is 432 g/mol. The fraction of sp³-hybridized carbons (Fsp3) is 0.346. The summed E-state index contributed by atoms with van der Waals surface area (Å²) < 4.78 is 12.0. The monoisotopic (exact) mass is 462 g/mol.